The molecule has 1 aliphatic carbocycles. The first-order chi connectivity index (χ1) is 46.6. The van der Waals surface area contributed by atoms with Gasteiger partial charge in [0.2, 0.25) is 0 Å². The highest BCUT2D eigenvalue weighted by Crippen LogP contribution is 2.56. The van der Waals surface area contributed by atoms with Gasteiger partial charge in [0.1, 0.15) is 0 Å². The molecule has 4 aromatic rings. The molecule has 96 heavy (non-hydrogen) atoms. The Morgan fingerprint density at radius 1 is 0.177 bits per heavy atom. The number of hydrogen-bond donors (Lipinski definition) is 0. The van der Waals surface area contributed by atoms with E-state index in [2.05, 4.69) is 55.4 Å². The van der Waals surface area contributed by atoms with E-state index in [0.717, 1.165) is 154 Å². The topological polar surface area (TPSA) is 210 Å². The number of ether oxygens (including phenoxy) is 8. The number of hydrogen-bond acceptors (Lipinski definition) is 16. The van der Waals surface area contributed by atoms with Crippen LogP contribution in [0.25, 0.3) is 44.5 Å². The minimum Gasteiger partial charge on any atom is -0.422 e. The summed E-state index contributed by atoms with van der Waals surface area (Å²) in [4.78, 5) is 113. The van der Waals surface area contributed by atoms with Gasteiger partial charge in [-0.3, -0.25) is 38.4 Å². The molecule has 16 nitrogen and oxygen atoms in total. The molecular weight excluding hydrogens is 1220 g/mol. The summed E-state index contributed by atoms with van der Waals surface area (Å²) < 4.78 is 50.5. The van der Waals surface area contributed by atoms with Gasteiger partial charge >= 0.3 is 47.8 Å². The van der Waals surface area contributed by atoms with Crippen LogP contribution >= 0.6 is 0 Å². The van der Waals surface area contributed by atoms with Crippen molar-refractivity contribution in [3.63, 3.8) is 0 Å². The van der Waals surface area contributed by atoms with Crippen LogP contribution in [0.15, 0.2) is 48.5 Å². The van der Waals surface area contributed by atoms with Gasteiger partial charge in [-0.2, -0.15) is 0 Å². The molecule has 4 aromatic carbocycles. The van der Waals surface area contributed by atoms with E-state index in [4.69, 9.17) is 37.9 Å². The molecule has 0 unspecified atom stereocenters. The predicted octanol–water partition coefficient (Wildman–Crippen LogP) is 21.7. The first kappa shape index (κ1) is 79.3. The number of carbonyl (C=O) groups is 8. The van der Waals surface area contributed by atoms with E-state index in [1.54, 1.807) is 48.5 Å². The summed E-state index contributed by atoms with van der Waals surface area (Å²) in [7, 11) is 0. The van der Waals surface area contributed by atoms with Crippen molar-refractivity contribution in [2.75, 3.05) is 0 Å². The number of carbonyl (C=O) groups excluding carboxylic acids is 8. The SMILES string of the molecule is CCCCCCC(=O)Oc1cc2c(cc1OC(=O)CCCCCC)-c1cc(OC(=O)CCCCCC)c(OC(=O)CCCCCC)cc1-c1cc(OC(=O)CCCCCC)c(OC(=O)CCCCCC)cc1-c1cc(OC(=O)CCCCCC)c(OC(=O)CCCCCC)cc1-2. The van der Waals surface area contributed by atoms with Crippen molar-refractivity contribution in [1.29, 1.82) is 0 Å². The Balaban J connectivity index is 2.06. The monoisotopic (exact) mass is 1330 g/mol. The molecule has 0 aromatic heterocycles. The molecule has 0 aliphatic heterocycles. The minimum absolute atomic E-state index is 0.0544. The second-order valence-corrected chi connectivity index (χ2v) is 25.7. The van der Waals surface area contributed by atoms with Crippen LogP contribution in [0.3, 0.4) is 0 Å². The summed E-state index contributed by atoms with van der Waals surface area (Å²) >= 11 is 0. The van der Waals surface area contributed by atoms with Gasteiger partial charge in [-0.25, -0.2) is 0 Å². The average Bonchev–Trinajstić information content (AvgIpc) is 0.726. The third-order valence-corrected chi connectivity index (χ3v) is 17.2. The van der Waals surface area contributed by atoms with Crippen LogP contribution in [0.4, 0.5) is 0 Å². The lowest BCUT2D eigenvalue weighted by Crippen LogP contribution is -2.15. The molecule has 16 heteroatoms. The Kier molecular flexibility index (Phi) is 37.4. The summed E-state index contributed by atoms with van der Waals surface area (Å²) in [5, 5.41) is 0. The highest BCUT2D eigenvalue weighted by Gasteiger charge is 2.33. The van der Waals surface area contributed by atoms with Gasteiger partial charge in [-0.05, 0) is 144 Å². The Labute approximate surface area is 572 Å². The molecule has 0 atom stereocenters. The zero-order chi connectivity index (χ0) is 69.5. The highest BCUT2D eigenvalue weighted by molar-refractivity contribution is 6.07. The molecule has 5 rings (SSSR count). The van der Waals surface area contributed by atoms with Crippen LogP contribution in [0, 0.1) is 0 Å². The van der Waals surface area contributed by atoms with Crippen molar-refractivity contribution in [3.05, 3.63) is 48.5 Å². The number of esters is 8. The van der Waals surface area contributed by atoms with Gasteiger partial charge in [0.25, 0.3) is 0 Å². The van der Waals surface area contributed by atoms with Crippen molar-refractivity contribution < 1.29 is 76.3 Å². The fraction of sp³-hybridized carbons (Fsp3) is 0.600. The molecular formula is C80H112O16. The van der Waals surface area contributed by atoms with Crippen LogP contribution in [0.1, 0.15) is 312 Å². The molecule has 0 N–H and O–H groups in total. The molecule has 0 heterocycles. The van der Waals surface area contributed by atoms with E-state index >= 15 is 0 Å². The van der Waals surface area contributed by atoms with Crippen molar-refractivity contribution in [1.82, 2.24) is 0 Å². The van der Waals surface area contributed by atoms with E-state index in [1.807, 2.05) is 0 Å². The maximum Gasteiger partial charge on any atom is 0.311 e. The Morgan fingerprint density at radius 2 is 0.281 bits per heavy atom. The second-order valence-electron chi connectivity index (χ2n) is 25.7. The van der Waals surface area contributed by atoms with E-state index in [9.17, 15) is 38.4 Å². The standard InChI is InChI=1S/C80H112O16/c1-9-17-25-33-41-73(81)89-65-49-57-58(50-66(65)90-74(82)42-34-26-18-10-2)60-52-68(92-76(84)44-36-28-20-12-4)70(94-78(86)46-38-30-22-14-6)54-62(60)64-56-72(96-80(88)48-40-32-24-16-8)71(95-79(87)47-39-31-23-15-7)55-63(64)61-53-69(93-77(85)45-37-29-21-13-5)67(51-59(57)61)91-75(83)43-35-27-19-11-3/h49-56H,9-48H2,1-8H3. The molecule has 0 spiro atoms. The molecule has 0 saturated carbocycles. The summed E-state index contributed by atoms with van der Waals surface area (Å²) in [5.41, 5.74) is 2.45. The minimum atomic E-state index is -0.579. The third-order valence-electron chi connectivity index (χ3n) is 17.2. The van der Waals surface area contributed by atoms with Crippen molar-refractivity contribution in [2.24, 2.45) is 0 Å². The number of fused-ring (bicyclic) bond motifs is 8. The molecule has 0 radical (unpaired) electrons. The van der Waals surface area contributed by atoms with E-state index in [-0.39, 0.29) is 97.4 Å². The summed E-state index contributed by atoms with van der Waals surface area (Å²) in [5.74, 6) is -5.46. The smallest absolute Gasteiger partial charge is 0.311 e. The van der Waals surface area contributed by atoms with E-state index < -0.39 is 47.8 Å². The Hall–Kier alpha value is -7.36. The van der Waals surface area contributed by atoms with Crippen LogP contribution in [0.5, 0.6) is 46.0 Å². The maximum atomic E-state index is 14.2. The van der Waals surface area contributed by atoms with E-state index in [0.29, 0.717) is 95.9 Å². The number of rotatable bonds is 48. The predicted molar refractivity (Wildman–Crippen MR) is 377 cm³/mol. The lowest BCUT2D eigenvalue weighted by Gasteiger charge is -2.27. The molecule has 0 bridgehead atoms. The van der Waals surface area contributed by atoms with Crippen LogP contribution in [0.2, 0.25) is 0 Å². The van der Waals surface area contributed by atoms with Gasteiger partial charge in [-0.1, -0.05) is 209 Å². The van der Waals surface area contributed by atoms with Gasteiger partial charge < -0.3 is 37.9 Å². The molecule has 0 amide bonds. The number of unbranched alkanes of at least 4 members (excludes halogenated alkanes) is 24. The van der Waals surface area contributed by atoms with Crippen LogP contribution in [-0.2, 0) is 38.4 Å². The quantitative estimate of drug-likeness (QED) is 0.0201. The van der Waals surface area contributed by atoms with Crippen molar-refractivity contribution in [2.45, 2.75) is 312 Å². The fourth-order valence-electron chi connectivity index (χ4n) is 11.6. The van der Waals surface area contributed by atoms with Crippen molar-refractivity contribution in [3.8, 4) is 90.5 Å². The normalized spacial score (nSPS) is 11.2. The lowest BCUT2D eigenvalue weighted by molar-refractivity contribution is -0.137. The highest BCUT2D eigenvalue weighted by atomic mass is 16.6. The average molecular weight is 1330 g/mol. The molecule has 528 valence electrons. The zero-order valence-electron chi connectivity index (χ0n) is 59.4. The maximum absolute atomic E-state index is 14.2. The lowest BCUT2D eigenvalue weighted by atomic mass is 9.80. The van der Waals surface area contributed by atoms with Crippen molar-refractivity contribution >= 4 is 47.8 Å². The third kappa shape index (κ3) is 27.3. The van der Waals surface area contributed by atoms with Crippen LogP contribution in [-0.4, -0.2) is 47.8 Å². The summed E-state index contributed by atoms with van der Waals surface area (Å²) in [6.45, 7) is 16.6. The van der Waals surface area contributed by atoms with E-state index in [1.165, 1.54) is 0 Å². The van der Waals surface area contributed by atoms with Crippen LogP contribution < -0.4 is 37.9 Å². The molecule has 0 saturated heterocycles. The second kappa shape index (κ2) is 45.2. The summed E-state index contributed by atoms with van der Waals surface area (Å²) in [6, 6.07) is 12.7. The molecule has 0 fully saturated rings. The first-order valence-corrected chi connectivity index (χ1v) is 37.0. The van der Waals surface area contributed by atoms with Gasteiger partial charge in [0, 0.05) is 51.4 Å². The first-order valence-electron chi connectivity index (χ1n) is 37.0. The summed E-state index contributed by atoms with van der Waals surface area (Å²) in [6.07, 6.45) is 25.8. The van der Waals surface area contributed by atoms with Gasteiger partial charge in [0.15, 0.2) is 46.0 Å². The number of benzene rings is 4. The molecule has 1 aliphatic rings. The largest absolute Gasteiger partial charge is 0.422 e. The van der Waals surface area contributed by atoms with Gasteiger partial charge in [-0.15, -0.1) is 0 Å². The Bertz CT molecular complexity index is 2490. The Morgan fingerprint density at radius 3 is 0.375 bits per heavy atom. The zero-order valence-corrected chi connectivity index (χ0v) is 59.4. The fourth-order valence-corrected chi connectivity index (χ4v) is 11.6. The van der Waals surface area contributed by atoms with Gasteiger partial charge in [0.05, 0.1) is 0 Å².